The van der Waals surface area contributed by atoms with E-state index >= 15 is 0 Å². The Morgan fingerprint density at radius 1 is 1.40 bits per heavy atom. The topological polar surface area (TPSA) is 7.68 Å². The summed E-state index contributed by atoms with van der Waals surface area (Å²) in [5.41, 5.74) is 0. The SMILES string of the molecule is [CH2-][NH+]1CCN2CCC[C@H]2C1. The van der Waals surface area contributed by atoms with Gasteiger partial charge in [0.25, 0.3) is 0 Å². The molecule has 1 unspecified atom stereocenters. The Labute approximate surface area is 62.8 Å². The zero-order chi connectivity index (χ0) is 6.97. The Kier molecular flexibility index (Phi) is 1.66. The van der Waals surface area contributed by atoms with Crippen molar-refractivity contribution in [3.63, 3.8) is 0 Å². The molecule has 1 N–H and O–H groups in total. The van der Waals surface area contributed by atoms with Crippen LogP contribution in [0.3, 0.4) is 0 Å². The highest BCUT2D eigenvalue weighted by Crippen LogP contribution is 2.15. The number of piperazine rings is 1. The second-order valence-electron chi connectivity index (χ2n) is 3.54. The first-order valence-electron chi connectivity index (χ1n) is 4.27. The van der Waals surface area contributed by atoms with Gasteiger partial charge in [0, 0.05) is 6.54 Å². The molecule has 0 aliphatic carbocycles. The standard InChI is InChI=1S/C8H16N2/c1-9-5-6-10-4-2-3-8(10)7-9/h8-9H,1-7H2/t8-/m0/s1. The highest BCUT2D eigenvalue weighted by atomic mass is 15.3. The van der Waals surface area contributed by atoms with Gasteiger partial charge in [0.1, 0.15) is 0 Å². The van der Waals surface area contributed by atoms with Crippen LogP contribution in [0.15, 0.2) is 0 Å². The number of fused-ring (bicyclic) bond motifs is 1. The molecule has 2 rings (SSSR count). The van der Waals surface area contributed by atoms with Crippen molar-refractivity contribution in [1.29, 1.82) is 0 Å². The molecule has 0 aromatic heterocycles. The van der Waals surface area contributed by atoms with E-state index in [4.69, 9.17) is 0 Å². The molecule has 0 bridgehead atoms. The molecule has 0 aromatic carbocycles. The lowest BCUT2D eigenvalue weighted by Gasteiger charge is -2.36. The van der Waals surface area contributed by atoms with Crippen molar-refractivity contribution >= 4 is 0 Å². The smallest absolute Gasteiger partial charge is 0.0689 e. The fraction of sp³-hybridized carbons (Fsp3) is 0.875. The summed E-state index contributed by atoms with van der Waals surface area (Å²) >= 11 is 0. The molecule has 2 fully saturated rings. The van der Waals surface area contributed by atoms with Crippen LogP contribution in [-0.4, -0.2) is 37.1 Å². The van der Waals surface area contributed by atoms with E-state index < -0.39 is 0 Å². The minimum atomic E-state index is 0.876. The fourth-order valence-electron chi connectivity index (χ4n) is 2.16. The van der Waals surface area contributed by atoms with E-state index in [1.54, 1.807) is 0 Å². The van der Waals surface area contributed by atoms with Crippen molar-refractivity contribution in [2.24, 2.45) is 0 Å². The average molecular weight is 140 g/mol. The number of hydrogen-bond donors (Lipinski definition) is 1. The molecule has 58 valence electrons. The van der Waals surface area contributed by atoms with Crippen molar-refractivity contribution < 1.29 is 4.90 Å². The number of nitrogens with zero attached hydrogens (tertiary/aromatic N) is 1. The monoisotopic (exact) mass is 140 g/mol. The van der Waals surface area contributed by atoms with Gasteiger partial charge in [0.05, 0.1) is 19.1 Å². The third kappa shape index (κ3) is 1.06. The molecule has 0 amide bonds. The highest BCUT2D eigenvalue weighted by Gasteiger charge is 2.29. The Morgan fingerprint density at radius 3 is 3.20 bits per heavy atom. The van der Waals surface area contributed by atoms with Crippen LogP contribution < -0.4 is 4.90 Å². The summed E-state index contributed by atoms with van der Waals surface area (Å²) in [6, 6.07) is 0.876. The second-order valence-corrected chi connectivity index (χ2v) is 3.54. The van der Waals surface area contributed by atoms with Crippen molar-refractivity contribution in [3.8, 4) is 0 Å². The highest BCUT2D eigenvalue weighted by molar-refractivity contribution is 4.80. The molecule has 2 heteroatoms. The van der Waals surface area contributed by atoms with Crippen molar-refractivity contribution in [2.45, 2.75) is 18.9 Å². The van der Waals surface area contributed by atoms with Crippen LogP contribution >= 0.6 is 0 Å². The van der Waals surface area contributed by atoms with Crippen LogP contribution in [0.25, 0.3) is 0 Å². The fourth-order valence-corrected chi connectivity index (χ4v) is 2.16. The lowest BCUT2D eigenvalue weighted by Crippen LogP contribution is -3.10. The predicted molar refractivity (Wildman–Crippen MR) is 40.6 cm³/mol. The molecule has 0 aromatic rings. The van der Waals surface area contributed by atoms with E-state index in [1.165, 1.54) is 43.9 Å². The first kappa shape index (κ1) is 6.62. The molecule has 2 aliphatic rings. The summed E-state index contributed by atoms with van der Waals surface area (Å²) in [6.07, 6.45) is 2.83. The van der Waals surface area contributed by atoms with Crippen LogP contribution in [0.5, 0.6) is 0 Å². The van der Waals surface area contributed by atoms with Crippen LogP contribution in [0.4, 0.5) is 0 Å². The zero-order valence-corrected chi connectivity index (χ0v) is 6.47. The Hall–Kier alpha value is -0.0800. The van der Waals surface area contributed by atoms with Gasteiger partial charge >= 0.3 is 0 Å². The molecule has 2 heterocycles. The van der Waals surface area contributed by atoms with Gasteiger partial charge in [-0.1, -0.05) is 0 Å². The minimum Gasteiger partial charge on any atom is -0.465 e. The van der Waals surface area contributed by atoms with Crippen LogP contribution in [0, 0.1) is 7.05 Å². The molecule has 2 nitrogen and oxygen atoms in total. The van der Waals surface area contributed by atoms with E-state index in [-0.39, 0.29) is 0 Å². The molecule has 2 aliphatic heterocycles. The maximum absolute atomic E-state index is 4.05. The summed E-state index contributed by atoms with van der Waals surface area (Å²) < 4.78 is 0. The molecule has 0 spiro atoms. The van der Waals surface area contributed by atoms with Gasteiger partial charge in [-0.15, -0.1) is 0 Å². The van der Waals surface area contributed by atoms with Gasteiger partial charge in [0.2, 0.25) is 0 Å². The zero-order valence-electron chi connectivity index (χ0n) is 6.47. The van der Waals surface area contributed by atoms with Gasteiger partial charge in [0.15, 0.2) is 0 Å². The van der Waals surface area contributed by atoms with E-state index in [1.807, 2.05) is 0 Å². The normalized spacial score (nSPS) is 41.7. The summed E-state index contributed by atoms with van der Waals surface area (Å²) in [5.74, 6) is 0. The predicted octanol–water partition coefficient (Wildman–Crippen LogP) is -0.859. The Morgan fingerprint density at radius 2 is 2.30 bits per heavy atom. The quantitative estimate of drug-likeness (QED) is 0.430. The molecular formula is C8H16N2. The van der Waals surface area contributed by atoms with Crippen molar-refractivity contribution in [2.75, 3.05) is 26.2 Å². The van der Waals surface area contributed by atoms with E-state index in [0.29, 0.717) is 0 Å². The first-order chi connectivity index (χ1) is 4.86. The third-order valence-electron chi connectivity index (χ3n) is 2.78. The third-order valence-corrected chi connectivity index (χ3v) is 2.78. The lowest BCUT2D eigenvalue weighted by molar-refractivity contribution is -0.862. The van der Waals surface area contributed by atoms with Gasteiger partial charge in [-0.2, -0.15) is 7.05 Å². The van der Waals surface area contributed by atoms with Gasteiger partial charge in [-0.3, -0.25) is 4.90 Å². The molecule has 0 saturated carbocycles. The maximum Gasteiger partial charge on any atom is 0.0689 e. The molecule has 2 atom stereocenters. The number of hydrogen-bond acceptors (Lipinski definition) is 1. The van der Waals surface area contributed by atoms with Crippen LogP contribution in [-0.2, 0) is 0 Å². The van der Waals surface area contributed by atoms with E-state index in [9.17, 15) is 0 Å². The first-order valence-corrected chi connectivity index (χ1v) is 4.27. The summed E-state index contributed by atoms with van der Waals surface area (Å²) in [7, 11) is 4.05. The number of rotatable bonds is 0. The van der Waals surface area contributed by atoms with Crippen molar-refractivity contribution in [3.05, 3.63) is 7.05 Å². The molecule has 2 saturated heterocycles. The largest absolute Gasteiger partial charge is 0.465 e. The summed E-state index contributed by atoms with van der Waals surface area (Å²) in [4.78, 5) is 4.09. The second kappa shape index (κ2) is 2.51. The number of quaternary nitrogens is 1. The lowest BCUT2D eigenvalue weighted by atomic mass is 10.2. The Bertz CT molecular complexity index is 124. The molecule has 0 radical (unpaired) electrons. The Balaban J connectivity index is 1.96. The maximum atomic E-state index is 4.05. The minimum absolute atomic E-state index is 0.876. The summed E-state index contributed by atoms with van der Waals surface area (Å²) in [6.45, 7) is 5.15. The summed E-state index contributed by atoms with van der Waals surface area (Å²) in [5, 5.41) is 0. The van der Waals surface area contributed by atoms with Crippen LogP contribution in [0.1, 0.15) is 12.8 Å². The number of nitrogens with one attached hydrogen (secondary N) is 1. The molecule has 10 heavy (non-hydrogen) atoms. The van der Waals surface area contributed by atoms with Crippen molar-refractivity contribution in [1.82, 2.24) is 4.90 Å². The molecular weight excluding hydrogens is 124 g/mol. The van der Waals surface area contributed by atoms with Crippen LogP contribution in [0.2, 0.25) is 0 Å². The van der Waals surface area contributed by atoms with Gasteiger partial charge in [-0.25, -0.2) is 0 Å². The van der Waals surface area contributed by atoms with Gasteiger partial charge < -0.3 is 4.90 Å². The van der Waals surface area contributed by atoms with Gasteiger partial charge in [-0.05, 0) is 19.4 Å². The van der Waals surface area contributed by atoms with E-state index in [2.05, 4.69) is 11.9 Å². The average Bonchev–Trinajstić information content (AvgIpc) is 2.33. The van der Waals surface area contributed by atoms with E-state index in [0.717, 1.165) is 6.04 Å².